The van der Waals surface area contributed by atoms with Gasteiger partial charge in [0.25, 0.3) is 0 Å². The maximum atomic E-state index is 13.0. The summed E-state index contributed by atoms with van der Waals surface area (Å²) in [5.41, 5.74) is 4.71. The van der Waals surface area contributed by atoms with Crippen LogP contribution in [-0.4, -0.2) is 18.8 Å². The molecule has 1 rings (SSSR count). The fourth-order valence-corrected chi connectivity index (χ4v) is 1.05. The number of benzene rings is 1. The lowest BCUT2D eigenvalue weighted by Crippen LogP contribution is -2.41. The van der Waals surface area contributed by atoms with Crippen LogP contribution in [-0.2, 0) is 0 Å². The molecule has 0 aromatic heterocycles. The van der Waals surface area contributed by atoms with Gasteiger partial charge in [-0.1, -0.05) is 0 Å². The third-order valence-electron chi connectivity index (χ3n) is 1.91. The van der Waals surface area contributed by atoms with Gasteiger partial charge in [0.2, 0.25) is 17.7 Å². The van der Waals surface area contributed by atoms with E-state index in [1.54, 1.807) is 0 Å². The smallest absolute Gasteiger partial charge is 0.426 e. The maximum absolute atomic E-state index is 13.0. The van der Waals surface area contributed by atoms with Crippen molar-refractivity contribution < 1.29 is 35.5 Å². The molecule has 0 aliphatic heterocycles. The number of ether oxygens (including phenoxy) is 1. The molecule has 0 aliphatic rings. The summed E-state index contributed by atoms with van der Waals surface area (Å²) in [6.07, 6.45) is -7.81. The summed E-state index contributed by atoms with van der Waals surface area (Å²) >= 11 is 0. The fourth-order valence-electron chi connectivity index (χ4n) is 1.05. The molecule has 9 heteroatoms. The Balaban J connectivity index is 3.18. The highest BCUT2D eigenvalue weighted by molar-refractivity contribution is 5.29. The largest absolute Gasteiger partial charge is 0.473 e. The van der Waals surface area contributed by atoms with Crippen molar-refractivity contribution in [2.24, 2.45) is 5.73 Å². The minimum atomic E-state index is -5.03. The Labute approximate surface area is 96.1 Å². The highest BCUT2D eigenvalue weighted by Gasteiger charge is 2.42. The Morgan fingerprint density at radius 1 is 1.06 bits per heavy atom. The van der Waals surface area contributed by atoms with Crippen molar-refractivity contribution in [1.29, 1.82) is 0 Å². The van der Waals surface area contributed by atoms with Gasteiger partial charge in [-0.25, -0.2) is 8.78 Å². The Morgan fingerprint density at radius 2 is 1.50 bits per heavy atom. The van der Waals surface area contributed by atoms with Crippen LogP contribution in [0.15, 0.2) is 6.07 Å². The monoisotopic (exact) mass is 277 g/mol. The van der Waals surface area contributed by atoms with Crippen LogP contribution in [0, 0.1) is 23.3 Å². The van der Waals surface area contributed by atoms with Crippen LogP contribution < -0.4 is 10.5 Å². The van der Waals surface area contributed by atoms with Gasteiger partial charge in [-0.3, -0.25) is 0 Å². The van der Waals surface area contributed by atoms with E-state index in [0.29, 0.717) is 0 Å². The zero-order chi connectivity index (χ0) is 14.1. The first-order valence-corrected chi connectivity index (χ1v) is 4.45. The lowest BCUT2D eigenvalue weighted by Gasteiger charge is -2.20. The molecule has 1 aromatic carbocycles. The van der Waals surface area contributed by atoms with E-state index in [9.17, 15) is 30.7 Å². The third-order valence-corrected chi connectivity index (χ3v) is 1.91. The molecule has 0 heterocycles. The summed E-state index contributed by atoms with van der Waals surface area (Å²) in [5, 5.41) is 0. The van der Waals surface area contributed by atoms with Crippen LogP contribution in [0.25, 0.3) is 0 Å². The molecule has 1 aromatic rings. The van der Waals surface area contributed by atoms with E-state index in [1.807, 2.05) is 0 Å². The van der Waals surface area contributed by atoms with E-state index in [0.717, 1.165) is 0 Å². The van der Waals surface area contributed by atoms with Crippen LogP contribution in [0.1, 0.15) is 0 Å². The van der Waals surface area contributed by atoms with Crippen molar-refractivity contribution in [3.8, 4) is 5.75 Å². The summed E-state index contributed by atoms with van der Waals surface area (Å²) in [4.78, 5) is 0. The van der Waals surface area contributed by atoms with E-state index in [4.69, 9.17) is 5.73 Å². The molecular formula is C9H6F7NO. The van der Waals surface area contributed by atoms with Gasteiger partial charge in [-0.05, 0) is 0 Å². The van der Waals surface area contributed by atoms with Crippen LogP contribution in [0.3, 0.4) is 0 Å². The summed E-state index contributed by atoms with van der Waals surface area (Å²) in [6.45, 7) is -1.17. The summed E-state index contributed by atoms with van der Waals surface area (Å²) < 4.78 is 92.0. The number of halogens is 7. The number of rotatable bonds is 3. The first-order valence-electron chi connectivity index (χ1n) is 4.45. The molecule has 2 nitrogen and oxygen atoms in total. The number of nitrogens with two attached hydrogens (primary N) is 1. The fraction of sp³-hybridized carbons (Fsp3) is 0.333. The second kappa shape index (κ2) is 5.01. The second-order valence-corrected chi connectivity index (χ2v) is 3.18. The van der Waals surface area contributed by atoms with Crippen LogP contribution in [0.5, 0.6) is 5.75 Å². The normalized spacial score (nSPS) is 13.6. The van der Waals surface area contributed by atoms with Gasteiger partial charge in [0, 0.05) is 12.6 Å². The van der Waals surface area contributed by atoms with Crippen LogP contribution >= 0.6 is 0 Å². The molecule has 0 aliphatic carbocycles. The van der Waals surface area contributed by atoms with Gasteiger partial charge in [0.05, 0.1) is 0 Å². The predicted molar refractivity (Wildman–Crippen MR) is 45.8 cm³/mol. The quantitative estimate of drug-likeness (QED) is 0.680. The van der Waals surface area contributed by atoms with Crippen molar-refractivity contribution in [2.75, 3.05) is 6.54 Å². The SMILES string of the molecule is NCC(Oc1c(F)c(F)cc(F)c1F)C(F)(F)F. The number of hydrogen-bond donors (Lipinski definition) is 1. The van der Waals surface area contributed by atoms with Gasteiger partial charge in [-0.15, -0.1) is 0 Å². The van der Waals surface area contributed by atoms with E-state index < -0.39 is 47.8 Å². The van der Waals surface area contributed by atoms with Gasteiger partial charge in [-0.2, -0.15) is 22.0 Å². The molecule has 1 atom stereocenters. The summed E-state index contributed by atoms with van der Waals surface area (Å²) in [7, 11) is 0. The average molecular weight is 277 g/mol. The Kier molecular flexibility index (Phi) is 4.05. The highest BCUT2D eigenvalue weighted by atomic mass is 19.4. The molecule has 0 saturated heterocycles. The zero-order valence-electron chi connectivity index (χ0n) is 8.49. The summed E-state index contributed by atoms with van der Waals surface area (Å²) in [5.74, 6) is -9.66. The minimum absolute atomic E-state index is 0.150. The molecule has 18 heavy (non-hydrogen) atoms. The number of alkyl halides is 3. The Hall–Kier alpha value is -1.51. The van der Waals surface area contributed by atoms with Crippen LogP contribution in [0.2, 0.25) is 0 Å². The minimum Gasteiger partial charge on any atom is -0.473 e. The number of hydrogen-bond acceptors (Lipinski definition) is 2. The lowest BCUT2D eigenvalue weighted by atomic mass is 10.2. The van der Waals surface area contributed by atoms with Gasteiger partial charge in [0.15, 0.2) is 17.4 Å². The van der Waals surface area contributed by atoms with Crippen molar-refractivity contribution in [2.45, 2.75) is 12.3 Å². The van der Waals surface area contributed by atoms with E-state index >= 15 is 0 Å². The van der Waals surface area contributed by atoms with Crippen molar-refractivity contribution in [3.63, 3.8) is 0 Å². The highest BCUT2D eigenvalue weighted by Crippen LogP contribution is 2.30. The molecule has 0 radical (unpaired) electrons. The van der Waals surface area contributed by atoms with Gasteiger partial charge >= 0.3 is 6.18 Å². The molecule has 1 unspecified atom stereocenters. The molecule has 0 bridgehead atoms. The van der Waals surface area contributed by atoms with Crippen LogP contribution in [0.4, 0.5) is 30.7 Å². The summed E-state index contributed by atoms with van der Waals surface area (Å²) in [6, 6.07) is -0.150. The second-order valence-electron chi connectivity index (χ2n) is 3.18. The topological polar surface area (TPSA) is 35.2 Å². The van der Waals surface area contributed by atoms with Crippen molar-refractivity contribution in [3.05, 3.63) is 29.3 Å². The van der Waals surface area contributed by atoms with Crippen molar-refractivity contribution in [1.82, 2.24) is 0 Å². The Bertz CT molecular complexity index is 419. The predicted octanol–water partition coefficient (Wildman–Crippen LogP) is 2.51. The molecule has 0 fully saturated rings. The van der Waals surface area contributed by atoms with Gasteiger partial charge in [0.1, 0.15) is 0 Å². The van der Waals surface area contributed by atoms with E-state index in [2.05, 4.69) is 4.74 Å². The first-order chi connectivity index (χ1) is 8.18. The molecule has 0 saturated carbocycles. The molecular weight excluding hydrogens is 271 g/mol. The maximum Gasteiger partial charge on any atom is 0.426 e. The first kappa shape index (κ1) is 14.6. The zero-order valence-corrected chi connectivity index (χ0v) is 8.49. The van der Waals surface area contributed by atoms with Crippen molar-refractivity contribution >= 4 is 0 Å². The van der Waals surface area contributed by atoms with E-state index in [1.165, 1.54) is 0 Å². The van der Waals surface area contributed by atoms with Gasteiger partial charge < -0.3 is 10.5 Å². The molecule has 2 N–H and O–H groups in total. The average Bonchev–Trinajstić information content (AvgIpc) is 2.25. The molecule has 0 amide bonds. The standard InChI is InChI=1S/C9H6F7NO/c10-3-1-4(11)7(13)8(6(3)12)18-5(2-17)9(14,15)16/h1,5H,2,17H2. The third kappa shape index (κ3) is 2.84. The Morgan fingerprint density at radius 3 is 1.83 bits per heavy atom. The molecule has 0 spiro atoms. The molecule has 102 valence electrons. The van der Waals surface area contributed by atoms with E-state index in [-0.39, 0.29) is 6.07 Å². The lowest BCUT2D eigenvalue weighted by molar-refractivity contribution is -0.192.